The molecule has 2 aromatic heterocycles. The quantitative estimate of drug-likeness (QED) is 0.801. The average molecular weight is 274 g/mol. The molecule has 6 heteroatoms. The highest BCUT2D eigenvalue weighted by molar-refractivity contribution is 5.39. The highest BCUT2D eigenvalue weighted by Gasteiger charge is 2.62. The van der Waals surface area contributed by atoms with Crippen LogP contribution in [0.1, 0.15) is 68.5 Å². The fraction of sp³-hybridized carbons (Fsp3) is 0.643. The Kier molecular flexibility index (Phi) is 2.68. The van der Waals surface area contributed by atoms with Gasteiger partial charge in [-0.2, -0.15) is 5.10 Å². The van der Waals surface area contributed by atoms with E-state index in [9.17, 15) is 0 Å². The summed E-state index contributed by atoms with van der Waals surface area (Å²) in [5.41, 5.74) is 7.99. The van der Waals surface area contributed by atoms with Crippen molar-refractivity contribution in [2.75, 3.05) is 5.73 Å². The van der Waals surface area contributed by atoms with Gasteiger partial charge in [-0.05, 0) is 12.3 Å². The first-order valence-corrected chi connectivity index (χ1v) is 7.06. The van der Waals surface area contributed by atoms with Crippen molar-refractivity contribution < 1.29 is 0 Å². The summed E-state index contributed by atoms with van der Waals surface area (Å²) in [5.74, 6) is 3.32. The van der Waals surface area contributed by atoms with Crippen LogP contribution in [0, 0.1) is 12.3 Å². The molecule has 1 aliphatic rings. The molecule has 1 fully saturated rings. The van der Waals surface area contributed by atoms with E-state index >= 15 is 0 Å². The van der Waals surface area contributed by atoms with E-state index in [0.29, 0.717) is 23.7 Å². The molecule has 1 aliphatic carbocycles. The summed E-state index contributed by atoms with van der Waals surface area (Å²) in [6.07, 6.45) is 0. The van der Waals surface area contributed by atoms with Crippen molar-refractivity contribution in [3.8, 4) is 0 Å². The first-order chi connectivity index (χ1) is 9.32. The predicted octanol–water partition coefficient (Wildman–Crippen LogP) is 2.45. The first kappa shape index (κ1) is 13.1. The van der Waals surface area contributed by atoms with Gasteiger partial charge < -0.3 is 10.7 Å². The molecule has 0 aliphatic heterocycles. The van der Waals surface area contributed by atoms with Gasteiger partial charge in [0, 0.05) is 23.4 Å². The summed E-state index contributed by atoms with van der Waals surface area (Å²) in [4.78, 5) is 12.2. The second-order valence-corrected chi connectivity index (χ2v) is 6.64. The molecule has 0 radical (unpaired) electrons. The van der Waals surface area contributed by atoms with E-state index in [0.717, 1.165) is 23.0 Å². The van der Waals surface area contributed by atoms with E-state index < -0.39 is 0 Å². The number of nitrogens with two attached hydrogens (primary N) is 1. The summed E-state index contributed by atoms with van der Waals surface area (Å²) < 4.78 is 0. The molecule has 0 aromatic carbocycles. The Morgan fingerprint density at radius 2 is 1.90 bits per heavy atom. The van der Waals surface area contributed by atoms with Crippen LogP contribution >= 0.6 is 0 Å². The molecule has 2 heterocycles. The third-order valence-electron chi connectivity index (χ3n) is 4.39. The van der Waals surface area contributed by atoms with Crippen LogP contribution < -0.4 is 5.73 Å². The number of anilines is 1. The Labute approximate surface area is 118 Å². The maximum Gasteiger partial charge on any atom is 0.197 e. The summed E-state index contributed by atoms with van der Waals surface area (Å²) >= 11 is 0. The minimum Gasteiger partial charge on any atom is -0.369 e. The molecular formula is C14H22N6. The number of aryl methyl sites for hydroxylation is 1. The molecule has 0 amide bonds. The summed E-state index contributed by atoms with van der Waals surface area (Å²) in [5, 5.41) is 7.41. The molecule has 4 N–H and O–H groups in total. The molecule has 0 saturated heterocycles. The first-order valence-electron chi connectivity index (χ1n) is 7.06. The Morgan fingerprint density at radius 1 is 1.20 bits per heavy atom. The predicted molar refractivity (Wildman–Crippen MR) is 77.5 cm³/mol. The lowest BCUT2D eigenvalue weighted by Crippen LogP contribution is -1.93. The van der Waals surface area contributed by atoms with E-state index in [1.807, 2.05) is 6.92 Å². The largest absolute Gasteiger partial charge is 0.369 e. The zero-order valence-electron chi connectivity index (χ0n) is 12.7. The van der Waals surface area contributed by atoms with E-state index in [1.165, 1.54) is 0 Å². The average Bonchev–Trinajstić information content (AvgIpc) is 2.73. The Hall–Kier alpha value is -1.85. The number of hydrogen-bond acceptors (Lipinski definition) is 4. The molecule has 20 heavy (non-hydrogen) atoms. The van der Waals surface area contributed by atoms with Gasteiger partial charge in [0.1, 0.15) is 5.82 Å². The van der Waals surface area contributed by atoms with Crippen LogP contribution in [0.2, 0.25) is 0 Å². The van der Waals surface area contributed by atoms with Gasteiger partial charge in [0.2, 0.25) is 0 Å². The molecule has 0 spiro atoms. The van der Waals surface area contributed by atoms with E-state index in [4.69, 9.17) is 5.73 Å². The highest BCUT2D eigenvalue weighted by atomic mass is 15.2. The van der Waals surface area contributed by atoms with Crippen molar-refractivity contribution in [2.45, 2.75) is 52.4 Å². The third kappa shape index (κ3) is 1.82. The lowest BCUT2D eigenvalue weighted by Gasteiger charge is -1.99. The molecule has 2 aromatic rings. The smallest absolute Gasteiger partial charge is 0.197 e. The van der Waals surface area contributed by atoms with Crippen molar-refractivity contribution >= 4 is 5.95 Å². The standard InChI is InChI=1S/C14H22N6/c1-6(2)11-18-12(20-19-11)9-8(14(9,4)5)10-7(3)16-13(15)17-10/h6,8-9H,1-5H3,(H3,15,16,17)(H,18,19,20). The zero-order chi connectivity index (χ0) is 14.7. The monoisotopic (exact) mass is 274 g/mol. The minimum absolute atomic E-state index is 0.125. The Morgan fingerprint density at radius 3 is 2.40 bits per heavy atom. The van der Waals surface area contributed by atoms with Gasteiger partial charge in [-0.15, -0.1) is 0 Å². The van der Waals surface area contributed by atoms with Crippen LogP contribution in [0.3, 0.4) is 0 Å². The van der Waals surface area contributed by atoms with Gasteiger partial charge in [0.25, 0.3) is 0 Å². The van der Waals surface area contributed by atoms with Gasteiger partial charge >= 0.3 is 0 Å². The summed E-state index contributed by atoms with van der Waals surface area (Å²) in [6, 6.07) is 0. The second-order valence-electron chi connectivity index (χ2n) is 6.64. The number of nitrogens with one attached hydrogen (secondary N) is 2. The third-order valence-corrected chi connectivity index (χ3v) is 4.39. The number of aromatic nitrogens is 5. The topological polar surface area (TPSA) is 96.3 Å². The van der Waals surface area contributed by atoms with Gasteiger partial charge in [0.15, 0.2) is 11.8 Å². The van der Waals surface area contributed by atoms with Crippen molar-refractivity contribution in [1.82, 2.24) is 25.1 Å². The molecule has 108 valence electrons. The number of H-pyrrole nitrogens is 2. The van der Waals surface area contributed by atoms with Crippen LogP contribution in [0.15, 0.2) is 0 Å². The fourth-order valence-electron chi connectivity index (χ4n) is 3.14. The van der Waals surface area contributed by atoms with Gasteiger partial charge in [-0.25, -0.2) is 9.97 Å². The molecule has 1 saturated carbocycles. The van der Waals surface area contributed by atoms with Gasteiger partial charge in [0.05, 0.1) is 5.69 Å². The van der Waals surface area contributed by atoms with Crippen molar-refractivity contribution in [2.24, 2.45) is 5.41 Å². The number of rotatable bonds is 3. The molecular weight excluding hydrogens is 252 g/mol. The number of aromatic amines is 2. The highest BCUT2D eigenvalue weighted by Crippen LogP contribution is 2.69. The summed E-state index contributed by atoms with van der Waals surface area (Å²) in [7, 11) is 0. The van der Waals surface area contributed by atoms with Crippen LogP contribution in [0.5, 0.6) is 0 Å². The van der Waals surface area contributed by atoms with Gasteiger partial charge in [-0.1, -0.05) is 27.7 Å². The molecule has 6 nitrogen and oxygen atoms in total. The zero-order valence-corrected chi connectivity index (χ0v) is 12.7. The van der Waals surface area contributed by atoms with Crippen LogP contribution in [0.4, 0.5) is 5.95 Å². The molecule has 2 atom stereocenters. The van der Waals surface area contributed by atoms with E-state index in [-0.39, 0.29) is 5.41 Å². The van der Waals surface area contributed by atoms with Crippen molar-refractivity contribution in [3.63, 3.8) is 0 Å². The van der Waals surface area contributed by atoms with E-state index in [1.54, 1.807) is 0 Å². The lowest BCUT2D eigenvalue weighted by molar-refractivity contribution is 0.590. The Bertz CT molecular complexity index is 636. The van der Waals surface area contributed by atoms with E-state index in [2.05, 4.69) is 52.8 Å². The Balaban J connectivity index is 1.93. The van der Waals surface area contributed by atoms with Crippen molar-refractivity contribution in [3.05, 3.63) is 23.0 Å². The normalized spacial score (nSPS) is 24.3. The lowest BCUT2D eigenvalue weighted by atomic mass is 10.1. The molecule has 2 unspecified atom stereocenters. The molecule has 0 bridgehead atoms. The fourth-order valence-corrected chi connectivity index (χ4v) is 3.14. The van der Waals surface area contributed by atoms with Crippen LogP contribution in [-0.2, 0) is 0 Å². The second kappa shape index (κ2) is 4.07. The summed E-state index contributed by atoms with van der Waals surface area (Å²) in [6.45, 7) is 10.7. The van der Waals surface area contributed by atoms with Crippen LogP contribution in [0.25, 0.3) is 0 Å². The maximum absolute atomic E-state index is 5.76. The number of nitrogen functional groups attached to an aromatic ring is 1. The molecule has 3 rings (SSSR count). The number of hydrogen-bond donors (Lipinski definition) is 3. The van der Waals surface area contributed by atoms with Gasteiger partial charge in [-0.3, -0.25) is 5.10 Å². The maximum atomic E-state index is 5.76. The minimum atomic E-state index is 0.125. The number of imidazole rings is 1. The number of nitrogens with zero attached hydrogens (tertiary/aromatic N) is 3. The SMILES string of the molecule is Cc1[nH]c(N)nc1C1C(c2nc(C(C)C)n[nH]2)C1(C)C. The van der Waals surface area contributed by atoms with Crippen molar-refractivity contribution in [1.29, 1.82) is 0 Å². The van der Waals surface area contributed by atoms with Crippen LogP contribution in [-0.4, -0.2) is 25.1 Å².